The van der Waals surface area contributed by atoms with E-state index in [9.17, 15) is 9.59 Å². The van der Waals surface area contributed by atoms with Crippen LogP contribution in [0.1, 0.15) is 12.2 Å². The number of aromatic nitrogens is 1. The molecule has 0 spiro atoms. The van der Waals surface area contributed by atoms with Crippen LogP contribution in [0.2, 0.25) is 0 Å². The number of nitrogens with one attached hydrogen (secondary N) is 1. The van der Waals surface area contributed by atoms with E-state index < -0.39 is 5.92 Å². The minimum Gasteiger partial charge on any atom is -0.457 e. The molecule has 0 saturated carbocycles. The van der Waals surface area contributed by atoms with Gasteiger partial charge in [0.1, 0.15) is 17.3 Å². The molecule has 2 aromatic carbocycles. The summed E-state index contributed by atoms with van der Waals surface area (Å²) in [5, 5.41) is 6.71. The topological polar surface area (TPSA) is 84.7 Å². The first-order valence-corrected chi connectivity index (χ1v) is 8.96. The maximum atomic E-state index is 12.6. The Balaban J connectivity index is 1.36. The Morgan fingerprint density at radius 3 is 2.54 bits per heavy atom. The van der Waals surface area contributed by atoms with E-state index in [0.29, 0.717) is 23.0 Å². The molecular weight excluding hydrogens is 358 g/mol. The van der Waals surface area contributed by atoms with Gasteiger partial charge in [-0.15, -0.1) is 0 Å². The highest BCUT2D eigenvalue weighted by Gasteiger charge is 2.36. The second-order valence-electron chi connectivity index (χ2n) is 6.63. The summed E-state index contributed by atoms with van der Waals surface area (Å²) in [6, 6.07) is 18.3. The molecule has 0 bridgehead atoms. The number of hydrogen-bond acceptors (Lipinski definition) is 5. The zero-order valence-corrected chi connectivity index (χ0v) is 15.3. The average Bonchev–Trinajstić information content (AvgIpc) is 3.30. The molecule has 4 rings (SSSR count). The standard InChI is InChI=1S/C21H19N3O4/c1-14-11-19(23-28-14)24-13-15(12-20(24)25)21(26)22-16-7-9-18(10-8-16)27-17-5-3-2-4-6-17/h2-11,15H,12-13H2,1H3,(H,22,26). The Morgan fingerprint density at radius 1 is 1.14 bits per heavy atom. The van der Waals surface area contributed by atoms with Crippen molar-refractivity contribution in [3.8, 4) is 11.5 Å². The van der Waals surface area contributed by atoms with E-state index in [-0.39, 0.29) is 24.8 Å². The van der Waals surface area contributed by atoms with Gasteiger partial charge in [0.25, 0.3) is 0 Å². The van der Waals surface area contributed by atoms with Gasteiger partial charge in [-0.3, -0.25) is 14.5 Å². The summed E-state index contributed by atoms with van der Waals surface area (Å²) in [5.74, 6) is 1.70. The van der Waals surface area contributed by atoms with Crippen molar-refractivity contribution in [2.24, 2.45) is 5.92 Å². The van der Waals surface area contributed by atoms with Gasteiger partial charge < -0.3 is 14.6 Å². The summed E-state index contributed by atoms with van der Waals surface area (Å²) < 4.78 is 10.8. The maximum absolute atomic E-state index is 12.6. The molecule has 1 fully saturated rings. The molecule has 142 valence electrons. The largest absolute Gasteiger partial charge is 0.457 e. The summed E-state index contributed by atoms with van der Waals surface area (Å²) in [6.07, 6.45) is 0.146. The summed E-state index contributed by atoms with van der Waals surface area (Å²) >= 11 is 0. The smallest absolute Gasteiger partial charge is 0.229 e. The van der Waals surface area contributed by atoms with Crippen LogP contribution in [0.15, 0.2) is 65.2 Å². The van der Waals surface area contributed by atoms with Crippen LogP contribution in [0.5, 0.6) is 11.5 Å². The molecule has 1 aromatic heterocycles. The number of carbonyl (C=O) groups excluding carboxylic acids is 2. The molecule has 3 aromatic rings. The van der Waals surface area contributed by atoms with E-state index in [4.69, 9.17) is 9.26 Å². The van der Waals surface area contributed by atoms with Gasteiger partial charge in [0, 0.05) is 24.7 Å². The Hall–Kier alpha value is -3.61. The summed E-state index contributed by atoms with van der Waals surface area (Å²) in [7, 11) is 0. The summed E-state index contributed by atoms with van der Waals surface area (Å²) in [5.41, 5.74) is 0.647. The van der Waals surface area contributed by atoms with Crippen molar-refractivity contribution in [1.29, 1.82) is 0 Å². The van der Waals surface area contributed by atoms with Gasteiger partial charge >= 0.3 is 0 Å². The molecular formula is C21H19N3O4. The fraction of sp³-hybridized carbons (Fsp3) is 0.190. The van der Waals surface area contributed by atoms with Crippen LogP contribution in [0.25, 0.3) is 0 Å². The molecule has 0 aliphatic carbocycles. The number of para-hydroxylation sites is 1. The Kier molecular flexibility index (Phi) is 4.80. The minimum atomic E-state index is -0.440. The second-order valence-corrected chi connectivity index (χ2v) is 6.63. The second kappa shape index (κ2) is 7.56. The quantitative estimate of drug-likeness (QED) is 0.732. The van der Waals surface area contributed by atoms with Crippen LogP contribution in [0.4, 0.5) is 11.5 Å². The number of rotatable bonds is 5. The number of nitrogens with zero attached hydrogens (tertiary/aromatic N) is 2. The first-order chi connectivity index (χ1) is 13.6. The zero-order chi connectivity index (χ0) is 19.5. The third-order valence-electron chi connectivity index (χ3n) is 4.49. The van der Waals surface area contributed by atoms with Gasteiger partial charge in [0.15, 0.2) is 5.82 Å². The van der Waals surface area contributed by atoms with Gasteiger partial charge in [0.05, 0.1) is 5.92 Å². The molecule has 1 aliphatic heterocycles. The number of hydrogen-bond donors (Lipinski definition) is 1. The van der Waals surface area contributed by atoms with Crippen LogP contribution >= 0.6 is 0 Å². The van der Waals surface area contributed by atoms with Crippen molar-refractivity contribution in [2.75, 3.05) is 16.8 Å². The van der Waals surface area contributed by atoms with Crippen LogP contribution in [-0.4, -0.2) is 23.5 Å². The highest BCUT2D eigenvalue weighted by Crippen LogP contribution is 2.27. The number of aryl methyl sites for hydroxylation is 1. The molecule has 1 saturated heterocycles. The molecule has 2 heterocycles. The van der Waals surface area contributed by atoms with E-state index >= 15 is 0 Å². The van der Waals surface area contributed by atoms with Gasteiger partial charge in [-0.2, -0.15) is 0 Å². The molecule has 28 heavy (non-hydrogen) atoms. The minimum absolute atomic E-state index is 0.139. The first kappa shape index (κ1) is 17.8. The van der Waals surface area contributed by atoms with Gasteiger partial charge in [0.2, 0.25) is 11.8 Å². The van der Waals surface area contributed by atoms with Crippen molar-refractivity contribution in [2.45, 2.75) is 13.3 Å². The summed E-state index contributed by atoms with van der Waals surface area (Å²) in [6.45, 7) is 2.04. The van der Waals surface area contributed by atoms with Crippen molar-refractivity contribution in [3.63, 3.8) is 0 Å². The predicted molar refractivity (Wildman–Crippen MR) is 103 cm³/mol. The van der Waals surface area contributed by atoms with Crippen molar-refractivity contribution in [1.82, 2.24) is 5.16 Å². The van der Waals surface area contributed by atoms with Crippen LogP contribution in [0, 0.1) is 12.8 Å². The normalized spacial score (nSPS) is 16.2. The molecule has 1 unspecified atom stereocenters. The van der Waals surface area contributed by atoms with Crippen molar-refractivity contribution in [3.05, 3.63) is 66.4 Å². The molecule has 0 radical (unpaired) electrons. The highest BCUT2D eigenvalue weighted by atomic mass is 16.5. The lowest BCUT2D eigenvalue weighted by Crippen LogP contribution is -2.28. The molecule has 1 N–H and O–H groups in total. The van der Waals surface area contributed by atoms with Crippen molar-refractivity contribution < 1.29 is 18.8 Å². The summed E-state index contributed by atoms with van der Waals surface area (Å²) in [4.78, 5) is 26.3. The van der Waals surface area contributed by atoms with Gasteiger partial charge in [-0.05, 0) is 43.3 Å². The van der Waals surface area contributed by atoms with E-state index in [2.05, 4.69) is 10.5 Å². The van der Waals surface area contributed by atoms with Gasteiger partial charge in [-0.1, -0.05) is 23.4 Å². The molecule has 1 aliphatic rings. The Labute approximate surface area is 161 Å². The van der Waals surface area contributed by atoms with Crippen molar-refractivity contribution >= 4 is 23.3 Å². The third kappa shape index (κ3) is 3.88. The Bertz CT molecular complexity index is 982. The zero-order valence-electron chi connectivity index (χ0n) is 15.3. The molecule has 2 amide bonds. The Morgan fingerprint density at radius 2 is 1.86 bits per heavy atom. The molecule has 7 heteroatoms. The number of benzene rings is 2. The van der Waals surface area contributed by atoms with Gasteiger partial charge in [-0.25, -0.2) is 0 Å². The van der Waals surface area contributed by atoms with E-state index in [1.165, 1.54) is 4.90 Å². The SMILES string of the molecule is Cc1cc(N2CC(C(=O)Nc3ccc(Oc4ccccc4)cc3)CC2=O)no1. The van der Waals surface area contributed by atoms with E-state index in [0.717, 1.165) is 5.75 Å². The fourth-order valence-corrected chi connectivity index (χ4v) is 3.06. The molecule has 7 nitrogen and oxygen atoms in total. The number of carbonyl (C=O) groups is 2. The molecule has 1 atom stereocenters. The highest BCUT2D eigenvalue weighted by molar-refractivity contribution is 6.03. The number of amides is 2. The first-order valence-electron chi connectivity index (χ1n) is 8.96. The third-order valence-corrected chi connectivity index (χ3v) is 4.49. The lowest BCUT2D eigenvalue weighted by Gasteiger charge is -2.13. The van der Waals surface area contributed by atoms with Crippen LogP contribution in [-0.2, 0) is 9.59 Å². The van der Waals surface area contributed by atoms with Crippen LogP contribution in [0.3, 0.4) is 0 Å². The van der Waals surface area contributed by atoms with Crippen LogP contribution < -0.4 is 15.0 Å². The lowest BCUT2D eigenvalue weighted by atomic mass is 10.1. The van der Waals surface area contributed by atoms with E-state index in [1.54, 1.807) is 37.3 Å². The fourth-order valence-electron chi connectivity index (χ4n) is 3.06. The lowest BCUT2D eigenvalue weighted by molar-refractivity contribution is -0.122. The monoisotopic (exact) mass is 377 g/mol. The number of ether oxygens (including phenoxy) is 1. The van der Waals surface area contributed by atoms with E-state index in [1.807, 2.05) is 30.3 Å². The maximum Gasteiger partial charge on any atom is 0.229 e. The predicted octanol–water partition coefficient (Wildman–Crippen LogP) is 3.77. The average molecular weight is 377 g/mol. The number of anilines is 2.